The number of fused-ring (bicyclic) bond motifs is 1. The molecule has 1 aliphatic heterocycles. The van der Waals surface area contributed by atoms with E-state index >= 15 is 0 Å². The van der Waals surface area contributed by atoms with E-state index in [1.54, 1.807) is 18.2 Å². The Bertz CT molecular complexity index is 1850. The van der Waals surface area contributed by atoms with E-state index < -0.39 is 47.5 Å². The Balaban J connectivity index is 1.35. The van der Waals surface area contributed by atoms with Crippen LogP contribution in [0.25, 0.3) is 10.9 Å². The van der Waals surface area contributed by atoms with Gasteiger partial charge in [-0.25, -0.2) is 4.98 Å². The number of pyridine rings is 1. The molecule has 1 unspecified atom stereocenters. The molecule has 53 heavy (non-hydrogen) atoms. The zero-order chi connectivity index (χ0) is 38.0. The fourth-order valence-corrected chi connectivity index (χ4v) is 6.45. The quantitative estimate of drug-likeness (QED) is 0.132. The number of aliphatic hydroxyl groups is 1. The number of piperidine rings is 1. The van der Waals surface area contributed by atoms with Gasteiger partial charge in [-0.3, -0.25) is 24.1 Å². The van der Waals surface area contributed by atoms with Crippen molar-refractivity contribution >= 4 is 34.5 Å². The van der Waals surface area contributed by atoms with Gasteiger partial charge in [0.05, 0.1) is 30.1 Å². The third-order valence-electron chi connectivity index (χ3n) is 9.15. The highest BCUT2D eigenvalue weighted by molar-refractivity contribution is 5.99. The van der Waals surface area contributed by atoms with Gasteiger partial charge in [-0.1, -0.05) is 72.8 Å². The number of aromatic nitrogens is 1. The number of para-hydroxylation sites is 2. The van der Waals surface area contributed by atoms with Crippen LogP contribution in [0, 0.1) is 0 Å². The monoisotopic (exact) mass is 722 g/mol. The summed E-state index contributed by atoms with van der Waals surface area (Å²) in [5.41, 5.74) is 1.09. The van der Waals surface area contributed by atoms with Gasteiger partial charge in [0, 0.05) is 37.5 Å². The first-order valence-electron chi connectivity index (χ1n) is 18.1. The Morgan fingerprint density at radius 3 is 2.28 bits per heavy atom. The molecular formula is C41H50N6O6. The molecule has 0 spiro atoms. The average molecular weight is 723 g/mol. The number of aliphatic hydroxyl groups excluding tert-OH is 1. The van der Waals surface area contributed by atoms with Crippen LogP contribution < -0.4 is 26.0 Å². The van der Waals surface area contributed by atoms with Crippen molar-refractivity contribution in [3.8, 4) is 5.75 Å². The molecule has 5 N–H and O–H groups in total. The number of amides is 4. The topological polar surface area (TPSA) is 162 Å². The normalized spacial score (nSPS) is 17.9. The van der Waals surface area contributed by atoms with Crippen LogP contribution in [0.1, 0.15) is 56.1 Å². The van der Waals surface area contributed by atoms with Crippen molar-refractivity contribution in [2.75, 3.05) is 20.1 Å². The number of likely N-dealkylation sites (tertiary alicyclic amines) is 1. The van der Waals surface area contributed by atoms with Crippen LogP contribution in [-0.4, -0.2) is 94.6 Å². The summed E-state index contributed by atoms with van der Waals surface area (Å²) in [6.45, 7) is 6.30. The molecule has 0 aliphatic carbocycles. The van der Waals surface area contributed by atoms with Crippen molar-refractivity contribution in [3.05, 3.63) is 108 Å². The number of nitrogens with zero attached hydrogens (tertiary/aromatic N) is 2. The van der Waals surface area contributed by atoms with Crippen molar-refractivity contribution < 1.29 is 29.0 Å². The van der Waals surface area contributed by atoms with Crippen molar-refractivity contribution in [1.82, 2.24) is 31.2 Å². The minimum absolute atomic E-state index is 0.0749. The van der Waals surface area contributed by atoms with E-state index in [1.807, 2.05) is 105 Å². The van der Waals surface area contributed by atoms with E-state index in [4.69, 9.17) is 4.74 Å². The van der Waals surface area contributed by atoms with Crippen LogP contribution in [-0.2, 0) is 20.8 Å². The largest absolute Gasteiger partial charge is 0.490 e. The third-order valence-corrected chi connectivity index (χ3v) is 9.15. The first-order valence-corrected chi connectivity index (χ1v) is 18.1. The maximum absolute atomic E-state index is 14.0. The molecule has 3 aromatic carbocycles. The van der Waals surface area contributed by atoms with E-state index in [9.17, 15) is 24.3 Å². The number of carbonyl (C=O) groups excluding carboxylic acids is 4. The Labute approximate surface area is 310 Å². The summed E-state index contributed by atoms with van der Waals surface area (Å²) in [4.78, 5) is 60.0. The van der Waals surface area contributed by atoms with Crippen LogP contribution >= 0.6 is 0 Å². The summed E-state index contributed by atoms with van der Waals surface area (Å²) in [6.07, 6.45) is -0.392. The number of β-amino-alcohol motifs (C(OH)–C–C–N with tert-alkyl or cyclic N) is 1. The summed E-state index contributed by atoms with van der Waals surface area (Å²) in [6, 6.07) is 26.9. The van der Waals surface area contributed by atoms with Crippen molar-refractivity contribution in [2.24, 2.45) is 0 Å². The van der Waals surface area contributed by atoms with Crippen LogP contribution in [0.2, 0.25) is 0 Å². The molecule has 12 nitrogen and oxygen atoms in total. The second-order valence-electron chi connectivity index (χ2n) is 14.5. The van der Waals surface area contributed by atoms with Crippen LogP contribution in [0.5, 0.6) is 5.75 Å². The molecule has 5 rings (SSSR count). The second kappa shape index (κ2) is 17.9. The molecule has 280 valence electrons. The molecular weight excluding hydrogens is 672 g/mol. The molecule has 1 aromatic heterocycles. The van der Waals surface area contributed by atoms with Crippen molar-refractivity contribution in [2.45, 2.75) is 82.3 Å². The predicted octanol–water partition coefficient (Wildman–Crippen LogP) is 3.38. The van der Waals surface area contributed by atoms with Gasteiger partial charge < -0.3 is 31.1 Å². The Hall–Kier alpha value is -5.33. The van der Waals surface area contributed by atoms with Gasteiger partial charge in [0.15, 0.2) is 0 Å². The van der Waals surface area contributed by atoms with Gasteiger partial charge in [-0.15, -0.1) is 0 Å². The lowest BCUT2D eigenvalue weighted by Crippen LogP contribution is -2.60. The van der Waals surface area contributed by atoms with Gasteiger partial charge in [-0.2, -0.15) is 0 Å². The lowest BCUT2D eigenvalue weighted by atomic mass is 9.94. The third kappa shape index (κ3) is 11.3. The van der Waals surface area contributed by atoms with Gasteiger partial charge in [0.2, 0.25) is 17.7 Å². The van der Waals surface area contributed by atoms with Gasteiger partial charge in [0.1, 0.15) is 23.6 Å². The minimum Gasteiger partial charge on any atom is -0.490 e. The number of hydrogen-bond acceptors (Lipinski definition) is 8. The number of hydrogen-bond donors (Lipinski definition) is 5. The molecule has 12 heteroatoms. The van der Waals surface area contributed by atoms with E-state index in [1.165, 1.54) is 7.05 Å². The van der Waals surface area contributed by atoms with Gasteiger partial charge in [-0.05, 0) is 63.4 Å². The summed E-state index contributed by atoms with van der Waals surface area (Å²) in [7, 11) is 1.45. The first kappa shape index (κ1) is 38.9. The Morgan fingerprint density at radius 2 is 1.58 bits per heavy atom. The maximum atomic E-state index is 14.0. The Kier molecular flexibility index (Phi) is 13.2. The maximum Gasteiger partial charge on any atom is 0.270 e. The molecule has 1 fully saturated rings. The lowest BCUT2D eigenvalue weighted by molar-refractivity contribution is -0.132. The van der Waals surface area contributed by atoms with Crippen LogP contribution in [0.4, 0.5) is 0 Å². The fourth-order valence-electron chi connectivity index (χ4n) is 6.45. The molecule has 1 aliphatic rings. The van der Waals surface area contributed by atoms with E-state index in [0.717, 1.165) is 16.7 Å². The second-order valence-corrected chi connectivity index (χ2v) is 14.5. The van der Waals surface area contributed by atoms with E-state index in [0.29, 0.717) is 24.9 Å². The number of ether oxygens (including phenoxy) is 1. The van der Waals surface area contributed by atoms with Gasteiger partial charge >= 0.3 is 0 Å². The smallest absolute Gasteiger partial charge is 0.270 e. The zero-order valence-corrected chi connectivity index (χ0v) is 30.7. The number of benzene rings is 3. The zero-order valence-electron chi connectivity index (χ0n) is 30.7. The fraction of sp³-hybridized carbons (Fsp3) is 0.390. The van der Waals surface area contributed by atoms with Crippen molar-refractivity contribution in [3.63, 3.8) is 0 Å². The summed E-state index contributed by atoms with van der Waals surface area (Å²) in [5, 5.41) is 24.0. The minimum atomic E-state index is -1.27. The highest BCUT2D eigenvalue weighted by Gasteiger charge is 2.38. The highest BCUT2D eigenvalue weighted by atomic mass is 16.5. The van der Waals surface area contributed by atoms with Crippen LogP contribution in [0.3, 0.4) is 0 Å². The molecule has 4 aromatic rings. The summed E-state index contributed by atoms with van der Waals surface area (Å²) < 4.78 is 6.25. The highest BCUT2D eigenvalue weighted by Crippen LogP contribution is 2.25. The van der Waals surface area contributed by atoms with E-state index in [-0.39, 0.29) is 37.1 Å². The molecule has 0 saturated carbocycles. The predicted molar refractivity (Wildman–Crippen MR) is 203 cm³/mol. The number of rotatable bonds is 14. The Morgan fingerprint density at radius 1 is 0.906 bits per heavy atom. The number of carbonyl (C=O) groups is 4. The standard InChI is InChI=1S/C41H50N6O6/c1-41(2,3)46-40(52)35-24-30(53-29-16-9-6-10-17-29)21-22-47(35)26-36(48)33(23-27-13-7-5-8-14-27)44-39(51)34(25-37(49)42-4)45-38(50)32-20-19-28-15-11-12-18-31(28)43-32/h5-20,30,33-36,48H,21-26H2,1-4H3,(H,42,49)(H,44,51)(H,45,50)(H,46,52)/t30-,33+,34+,35?,36-/m1/s1. The van der Waals surface area contributed by atoms with Gasteiger partial charge in [0.25, 0.3) is 5.91 Å². The first-order chi connectivity index (χ1) is 25.4. The summed E-state index contributed by atoms with van der Waals surface area (Å²) in [5.74, 6) is -1.16. The SMILES string of the molecule is CNC(=O)C[C@H](NC(=O)c1ccc2ccccc2n1)C(=O)N[C@@H](Cc1ccccc1)[C@H](O)CN1CC[C@@H](Oc2ccccc2)CC1C(=O)NC(C)(C)C. The van der Waals surface area contributed by atoms with Crippen molar-refractivity contribution in [1.29, 1.82) is 0 Å². The molecule has 1 saturated heterocycles. The summed E-state index contributed by atoms with van der Waals surface area (Å²) >= 11 is 0. The lowest BCUT2D eigenvalue weighted by Gasteiger charge is -2.41. The average Bonchev–Trinajstić information content (AvgIpc) is 3.14. The van der Waals surface area contributed by atoms with E-state index in [2.05, 4.69) is 26.3 Å². The molecule has 4 amide bonds. The molecule has 5 atom stereocenters. The number of nitrogens with one attached hydrogen (secondary N) is 4. The molecule has 2 heterocycles. The molecule has 0 radical (unpaired) electrons. The molecule has 0 bridgehead atoms. The van der Waals surface area contributed by atoms with Crippen LogP contribution in [0.15, 0.2) is 97.1 Å².